The molecule has 1 aromatic heterocycles. The van der Waals surface area contributed by atoms with Gasteiger partial charge in [-0.3, -0.25) is 0 Å². The fraction of sp³-hybridized carbons (Fsp3) is 0.0833. The lowest BCUT2D eigenvalue weighted by molar-refractivity contribution is 0.256. The molecule has 96 valence electrons. The Kier molecular flexibility index (Phi) is 3.82. The van der Waals surface area contributed by atoms with E-state index in [0.717, 1.165) is 16.3 Å². The molecule has 0 saturated carbocycles. The van der Waals surface area contributed by atoms with Crippen molar-refractivity contribution in [1.82, 2.24) is 9.97 Å². The summed E-state index contributed by atoms with van der Waals surface area (Å²) in [6.45, 7) is 0. The monoisotopic (exact) mass is 292 g/mol. The number of aromatic nitrogens is 2. The van der Waals surface area contributed by atoms with E-state index in [1.807, 2.05) is 6.07 Å². The molecule has 2 amide bonds. The Hall–Kier alpha value is -1.92. The van der Waals surface area contributed by atoms with Crippen LogP contribution >= 0.6 is 24.6 Å². The Morgan fingerprint density at radius 2 is 2.05 bits per heavy atom. The maximum absolute atomic E-state index is 11.1. The SMILES string of the molecule is Cl.O=C1N=c2ccc(C(=S)Cc3ncc[nH]3)cc2=N1. The lowest BCUT2D eigenvalue weighted by atomic mass is 10.1. The fourth-order valence-electron chi connectivity index (χ4n) is 1.76. The summed E-state index contributed by atoms with van der Waals surface area (Å²) in [7, 11) is 0. The number of rotatable bonds is 3. The van der Waals surface area contributed by atoms with Crippen LogP contribution in [0.15, 0.2) is 40.6 Å². The first-order valence-corrected chi connectivity index (χ1v) is 5.76. The largest absolute Gasteiger partial charge is 0.368 e. The van der Waals surface area contributed by atoms with Crippen LogP contribution in [0.5, 0.6) is 0 Å². The van der Waals surface area contributed by atoms with Crippen LogP contribution in [0.1, 0.15) is 11.4 Å². The standard InChI is InChI=1S/C12H8N4OS.ClH/c17-12-15-8-2-1-7(5-9(8)16-12)10(18)6-11-13-3-4-14-11;/h1-5H,6H2,(H,13,14);1H. The molecular formula is C12H9ClN4OS. The number of amides is 2. The molecule has 0 spiro atoms. The molecule has 0 radical (unpaired) electrons. The normalized spacial score (nSPS) is 12.1. The van der Waals surface area contributed by atoms with E-state index in [9.17, 15) is 4.79 Å². The third-order valence-corrected chi connectivity index (χ3v) is 2.99. The number of hydrogen-bond donors (Lipinski definition) is 1. The van der Waals surface area contributed by atoms with Gasteiger partial charge in [0.05, 0.1) is 10.7 Å². The molecule has 1 N–H and O–H groups in total. The van der Waals surface area contributed by atoms with Crippen molar-refractivity contribution in [2.45, 2.75) is 6.42 Å². The van der Waals surface area contributed by atoms with Gasteiger partial charge in [-0.2, -0.15) is 9.98 Å². The zero-order chi connectivity index (χ0) is 12.5. The number of H-pyrrole nitrogens is 1. The maximum Gasteiger partial charge on any atom is 0.368 e. The molecule has 0 unspecified atom stereocenters. The van der Waals surface area contributed by atoms with E-state index in [1.54, 1.807) is 24.5 Å². The number of nitrogens with zero attached hydrogens (tertiary/aromatic N) is 3. The van der Waals surface area contributed by atoms with Crippen LogP contribution < -0.4 is 10.7 Å². The first-order chi connectivity index (χ1) is 8.72. The summed E-state index contributed by atoms with van der Waals surface area (Å²) in [6, 6.07) is 4.93. The van der Waals surface area contributed by atoms with E-state index in [1.165, 1.54) is 0 Å². The summed E-state index contributed by atoms with van der Waals surface area (Å²) in [5, 5.41) is 1.18. The molecule has 7 heteroatoms. The van der Waals surface area contributed by atoms with Crippen LogP contribution in [-0.2, 0) is 6.42 Å². The minimum atomic E-state index is -0.459. The van der Waals surface area contributed by atoms with Gasteiger partial charge in [0.15, 0.2) is 0 Å². The predicted molar refractivity (Wildman–Crippen MR) is 75.4 cm³/mol. The van der Waals surface area contributed by atoms with E-state index in [0.29, 0.717) is 17.1 Å². The molecule has 1 aromatic carbocycles. The zero-order valence-corrected chi connectivity index (χ0v) is 11.3. The number of nitrogens with one attached hydrogen (secondary N) is 1. The van der Waals surface area contributed by atoms with Crippen molar-refractivity contribution in [3.05, 3.63) is 52.7 Å². The quantitative estimate of drug-likeness (QED) is 0.682. The van der Waals surface area contributed by atoms with Gasteiger partial charge in [-0.05, 0) is 17.7 Å². The number of aromatic amines is 1. The summed E-state index contributed by atoms with van der Waals surface area (Å²) in [6.07, 6.45) is 4.01. The number of benzene rings is 1. The van der Waals surface area contributed by atoms with Crippen molar-refractivity contribution in [2.75, 3.05) is 0 Å². The van der Waals surface area contributed by atoms with Crippen molar-refractivity contribution in [1.29, 1.82) is 0 Å². The van der Waals surface area contributed by atoms with Gasteiger partial charge in [0, 0.05) is 23.7 Å². The second-order valence-electron chi connectivity index (χ2n) is 3.85. The van der Waals surface area contributed by atoms with Crippen LogP contribution in [0.3, 0.4) is 0 Å². The Morgan fingerprint density at radius 1 is 1.26 bits per heavy atom. The molecule has 1 aliphatic rings. The average Bonchev–Trinajstić information content (AvgIpc) is 2.95. The number of urea groups is 1. The molecular weight excluding hydrogens is 284 g/mol. The van der Waals surface area contributed by atoms with Crippen molar-refractivity contribution < 1.29 is 4.79 Å². The van der Waals surface area contributed by atoms with Gasteiger partial charge < -0.3 is 4.98 Å². The lowest BCUT2D eigenvalue weighted by Crippen LogP contribution is -2.23. The molecule has 5 nitrogen and oxygen atoms in total. The first-order valence-electron chi connectivity index (χ1n) is 5.35. The van der Waals surface area contributed by atoms with Gasteiger partial charge in [0.1, 0.15) is 5.82 Å². The van der Waals surface area contributed by atoms with Crippen LogP contribution in [0.4, 0.5) is 4.79 Å². The maximum atomic E-state index is 11.1. The van der Waals surface area contributed by atoms with Crippen LogP contribution in [0.25, 0.3) is 0 Å². The van der Waals surface area contributed by atoms with Crippen molar-refractivity contribution >= 4 is 35.5 Å². The molecule has 2 heterocycles. The summed E-state index contributed by atoms with van der Waals surface area (Å²) < 4.78 is 0. The average molecular weight is 293 g/mol. The lowest BCUT2D eigenvalue weighted by Gasteiger charge is -2.01. The Balaban J connectivity index is 0.00000133. The number of hydrogen-bond acceptors (Lipinski definition) is 3. The van der Waals surface area contributed by atoms with E-state index in [2.05, 4.69) is 20.0 Å². The second-order valence-corrected chi connectivity index (χ2v) is 4.34. The van der Waals surface area contributed by atoms with E-state index in [4.69, 9.17) is 12.2 Å². The number of carbonyl (C=O) groups is 1. The van der Waals surface area contributed by atoms with Gasteiger partial charge in [0.2, 0.25) is 0 Å². The summed E-state index contributed by atoms with van der Waals surface area (Å²) in [5.74, 6) is 0.818. The van der Waals surface area contributed by atoms with Gasteiger partial charge in [-0.25, -0.2) is 9.78 Å². The Bertz CT molecular complexity index is 755. The third kappa shape index (κ3) is 2.74. The number of fused-ring (bicyclic) bond motifs is 1. The first kappa shape index (κ1) is 13.5. The Labute approximate surface area is 119 Å². The fourth-order valence-corrected chi connectivity index (χ4v) is 2.02. The molecule has 1 aliphatic heterocycles. The number of halogens is 1. The number of carbonyl (C=O) groups excluding carboxylic acids is 1. The summed E-state index contributed by atoms with van der Waals surface area (Å²) in [5.41, 5.74) is 0.869. The molecule has 2 aromatic rings. The summed E-state index contributed by atoms with van der Waals surface area (Å²) in [4.78, 5) is 26.5. The molecule has 0 fully saturated rings. The van der Waals surface area contributed by atoms with Crippen LogP contribution in [0.2, 0.25) is 0 Å². The smallest absolute Gasteiger partial charge is 0.348 e. The zero-order valence-electron chi connectivity index (χ0n) is 9.66. The highest BCUT2D eigenvalue weighted by Crippen LogP contribution is 2.03. The molecule has 0 atom stereocenters. The minimum Gasteiger partial charge on any atom is -0.348 e. The van der Waals surface area contributed by atoms with E-state index >= 15 is 0 Å². The second kappa shape index (κ2) is 5.38. The van der Waals surface area contributed by atoms with Crippen molar-refractivity contribution in [3.63, 3.8) is 0 Å². The van der Waals surface area contributed by atoms with E-state index in [-0.39, 0.29) is 12.4 Å². The van der Waals surface area contributed by atoms with Gasteiger partial charge in [-0.15, -0.1) is 12.4 Å². The molecule has 19 heavy (non-hydrogen) atoms. The highest BCUT2D eigenvalue weighted by atomic mass is 35.5. The molecule has 0 bridgehead atoms. The minimum absolute atomic E-state index is 0. The molecule has 0 aliphatic carbocycles. The third-order valence-electron chi connectivity index (χ3n) is 2.61. The number of thiocarbonyl (C=S) groups is 1. The Morgan fingerprint density at radius 3 is 2.79 bits per heavy atom. The van der Waals surface area contributed by atoms with E-state index < -0.39 is 6.03 Å². The topological polar surface area (TPSA) is 70.5 Å². The van der Waals surface area contributed by atoms with Gasteiger partial charge in [-0.1, -0.05) is 18.3 Å². The highest BCUT2D eigenvalue weighted by molar-refractivity contribution is 7.80. The summed E-state index contributed by atoms with van der Waals surface area (Å²) >= 11 is 5.35. The van der Waals surface area contributed by atoms with Crippen molar-refractivity contribution in [3.8, 4) is 0 Å². The van der Waals surface area contributed by atoms with Gasteiger partial charge in [0.25, 0.3) is 0 Å². The highest BCUT2D eigenvalue weighted by Gasteiger charge is 2.09. The van der Waals surface area contributed by atoms with Gasteiger partial charge >= 0.3 is 6.03 Å². The molecule has 0 saturated heterocycles. The predicted octanol–water partition coefficient (Wildman–Crippen LogP) is 1.16. The number of imidazole rings is 1. The van der Waals surface area contributed by atoms with Crippen LogP contribution in [0, 0.1) is 0 Å². The van der Waals surface area contributed by atoms with Crippen LogP contribution in [-0.4, -0.2) is 20.9 Å². The molecule has 3 rings (SSSR count). The van der Waals surface area contributed by atoms with Crippen molar-refractivity contribution in [2.24, 2.45) is 9.98 Å².